The summed E-state index contributed by atoms with van der Waals surface area (Å²) in [6, 6.07) is 0. The maximum Gasteiger partial charge on any atom is 0.154 e. The SMILES string of the molecule is [SnH4].c1cocco[nH]1. The van der Waals surface area contributed by atoms with E-state index in [0.717, 1.165) is 0 Å². The van der Waals surface area contributed by atoms with Crippen molar-refractivity contribution in [3.63, 3.8) is 0 Å². The van der Waals surface area contributed by atoms with E-state index in [-0.39, 0.29) is 23.9 Å². The summed E-state index contributed by atoms with van der Waals surface area (Å²) in [4.78, 5) is 0. The summed E-state index contributed by atoms with van der Waals surface area (Å²) in [5.41, 5.74) is 0. The first-order valence-electron chi connectivity index (χ1n) is 1.87. The van der Waals surface area contributed by atoms with Crippen LogP contribution in [-0.2, 0) is 0 Å². The van der Waals surface area contributed by atoms with E-state index in [4.69, 9.17) is 0 Å². The Morgan fingerprint density at radius 1 is 1.12 bits per heavy atom. The fourth-order valence-electron chi connectivity index (χ4n) is 0.251. The van der Waals surface area contributed by atoms with Gasteiger partial charge in [0.2, 0.25) is 0 Å². The van der Waals surface area contributed by atoms with Gasteiger partial charge in [0.1, 0.15) is 12.5 Å². The molecule has 3 nitrogen and oxygen atoms in total. The zero-order chi connectivity index (χ0) is 4.95. The Labute approximate surface area is 63.3 Å². The number of hydrogen-bond acceptors (Lipinski definition) is 2. The average molecular weight is 222 g/mol. The predicted molar refractivity (Wildman–Crippen MR) is 34.3 cm³/mol. The fraction of sp³-hybridized carbons (Fsp3) is 0. The molecular weight excluding hydrogens is 213 g/mol. The Kier molecular flexibility index (Phi) is 4.63. The summed E-state index contributed by atoms with van der Waals surface area (Å²) in [6.07, 6.45) is 5.85. The van der Waals surface area contributed by atoms with Gasteiger partial charge in [-0.25, -0.2) is 5.16 Å². The molecule has 0 aliphatic heterocycles. The number of aromatic amines is 1. The molecule has 1 rings (SSSR count). The van der Waals surface area contributed by atoms with Crippen LogP contribution in [0.1, 0.15) is 0 Å². The third-order valence-electron chi connectivity index (χ3n) is 0.485. The van der Waals surface area contributed by atoms with Gasteiger partial charge in [0.05, 0.1) is 6.20 Å². The Hall–Kier alpha value is -0.321. The molecule has 0 bridgehead atoms. The van der Waals surface area contributed by atoms with Crippen LogP contribution in [0.15, 0.2) is 33.9 Å². The molecule has 4 heteroatoms. The molecule has 1 aromatic heterocycles. The minimum Gasteiger partial charge on any atom is -0.468 e. The van der Waals surface area contributed by atoms with Crippen molar-refractivity contribution >= 4 is 23.9 Å². The molecule has 0 fully saturated rings. The van der Waals surface area contributed by atoms with Gasteiger partial charge in [-0.15, -0.1) is 0 Å². The molecule has 0 radical (unpaired) electrons. The molecule has 0 amide bonds. The minimum absolute atomic E-state index is 0. The largest absolute Gasteiger partial charge is 0.468 e. The van der Waals surface area contributed by atoms with E-state index < -0.39 is 0 Å². The van der Waals surface area contributed by atoms with Crippen molar-refractivity contribution in [1.82, 2.24) is 5.16 Å². The van der Waals surface area contributed by atoms with Gasteiger partial charge >= 0.3 is 23.9 Å². The maximum atomic E-state index is 4.65. The smallest absolute Gasteiger partial charge is 0.154 e. The van der Waals surface area contributed by atoms with Crippen molar-refractivity contribution in [2.75, 3.05) is 0 Å². The molecule has 0 saturated carbocycles. The van der Waals surface area contributed by atoms with E-state index in [9.17, 15) is 0 Å². The number of hydrogen-bond donors (Lipinski definition) is 1. The summed E-state index contributed by atoms with van der Waals surface area (Å²) in [5, 5.41) is 2.45. The Bertz CT molecular complexity index is 102. The number of H-pyrrole nitrogens is 1. The second kappa shape index (κ2) is 4.83. The van der Waals surface area contributed by atoms with Gasteiger partial charge in [-0.3, -0.25) is 0 Å². The van der Waals surface area contributed by atoms with E-state index in [0.29, 0.717) is 0 Å². The second-order valence-corrected chi connectivity index (χ2v) is 0.947. The number of rotatable bonds is 0. The quantitative estimate of drug-likeness (QED) is 0.621. The van der Waals surface area contributed by atoms with E-state index in [1.54, 1.807) is 6.20 Å². The summed E-state index contributed by atoms with van der Waals surface area (Å²) < 4.78 is 9.20. The number of nitrogens with one attached hydrogen (secondary N) is 1. The van der Waals surface area contributed by atoms with Crippen molar-refractivity contribution in [3.05, 3.63) is 25.0 Å². The van der Waals surface area contributed by atoms with Gasteiger partial charge in [0, 0.05) is 0 Å². The van der Waals surface area contributed by atoms with E-state index in [1.807, 2.05) is 0 Å². The van der Waals surface area contributed by atoms with Crippen molar-refractivity contribution in [1.29, 1.82) is 0 Å². The fourth-order valence-corrected chi connectivity index (χ4v) is 0.251. The van der Waals surface area contributed by atoms with Crippen molar-refractivity contribution in [2.45, 2.75) is 0 Å². The molecule has 0 aromatic carbocycles. The summed E-state index contributed by atoms with van der Waals surface area (Å²) in [6.45, 7) is 0. The van der Waals surface area contributed by atoms with Gasteiger partial charge in [0.25, 0.3) is 0 Å². The third-order valence-corrected chi connectivity index (χ3v) is 0.485. The molecule has 1 heterocycles. The van der Waals surface area contributed by atoms with Crippen LogP contribution >= 0.6 is 0 Å². The first-order chi connectivity index (χ1) is 3.50. The minimum atomic E-state index is 0. The van der Waals surface area contributed by atoms with Crippen LogP contribution in [0.5, 0.6) is 0 Å². The molecule has 0 aliphatic carbocycles. The second-order valence-electron chi connectivity index (χ2n) is 0.947. The first kappa shape index (κ1) is 7.68. The van der Waals surface area contributed by atoms with E-state index >= 15 is 0 Å². The molecular formula is C4H9NO2Sn. The van der Waals surface area contributed by atoms with E-state index in [1.165, 1.54) is 18.8 Å². The van der Waals surface area contributed by atoms with Crippen molar-refractivity contribution in [2.24, 2.45) is 0 Å². The zero-order valence-corrected chi connectivity index (χ0v) is 3.63. The molecule has 46 valence electrons. The number of aromatic nitrogens is 1. The molecule has 1 aromatic rings. The van der Waals surface area contributed by atoms with Crippen LogP contribution in [-0.4, -0.2) is 29.1 Å². The van der Waals surface area contributed by atoms with Crippen molar-refractivity contribution < 1.29 is 8.94 Å². The molecule has 0 saturated heterocycles. The standard InChI is InChI=1S/C4H5NO2.Sn.4H/c1-2-6-3-4-7-5-1;;;;;/h1-5H;;;;;. The predicted octanol–water partition coefficient (Wildman–Crippen LogP) is -0.127. The zero-order valence-electron chi connectivity index (χ0n) is 3.63. The summed E-state index contributed by atoms with van der Waals surface area (Å²) in [5.74, 6) is 0. The molecule has 1 N–H and O–H groups in total. The van der Waals surface area contributed by atoms with Crippen LogP contribution in [0.4, 0.5) is 0 Å². The van der Waals surface area contributed by atoms with Gasteiger partial charge in [-0.05, 0) is 0 Å². The van der Waals surface area contributed by atoms with Crippen LogP contribution in [0.2, 0.25) is 0 Å². The molecule has 8 heavy (non-hydrogen) atoms. The monoisotopic (exact) mass is 223 g/mol. The van der Waals surface area contributed by atoms with Gasteiger partial charge < -0.3 is 8.94 Å². The Balaban J connectivity index is 0.000000490. The average Bonchev–Trinajstić information content (AvgIpc) is 1.90. The Morgan fingerprint density at radius 3 is 2.88 bits per heavy atom. The van der Waals surface area contributed by atoms with E-state index in [2.05, 4.69) is 14.1 Å². The van der Waals surface area contributed by atoms with Gasteiger partial charge in [-0.1, -0.05) is 0 Å². The Morgan fingerprint density at radius 2 is 2.00 bits per heavy atom. The summed E-state index contributed by atoms with van der Waals surface area (Å²) in [7, 11) is 0. The molecule has 0 atom stereocenters. The maximum absolute atomic E-state index is 4.65. The molecule has 0 unspecified atom stereocenters. The van der Waals surface area contributed by atoms with Crippen LogP contribution in [0.3, 0.4) is 0 Å². The van der Waals surface area contributed by atoms with Crippen LogP contribution < -0.4 is 0 Å². The first-order valence-corrected chi connectivity index (χ1v) is 1.87. The molecule has 0 aliphatic rings. The van der Waals surface area contributed by atoms with Gasteiger partial charge in [-0.2, -0.15) is 0 Å². The summed E-state index contributed by atoms with van der Waals surface area (Å²) >= 11 is 0. The van der Waals surface area contributed by atoms with Crippen LogP contribution in [0, 0.1) is 0 Å². The normalized spacial score (nSPS) is 7.00. The van der Waals surface area contributed by atoms with Gasteiger partial charge in [0.15, 0.2) is 6.26 Å². The third kappa shape index (κ3) is 2.79. The topological polar surface area (TPSA) is 42.1 Å². The van der Waals surface area contributed by atoms with Crippen LogP contribution in [0.25, 0.3) is 0 Å². The van der Waals surface area contributed by atoms with Crippen molar-refractivity contribution in [3.8, 4) is 0 Å². The molecule has 0 spiro atoms.